The molecule has 1 atom stereocenters. The van der Waals surface area contributed by atoms with Gasteiger partial charge in [0.1, 0.15) is 43.0 Å². The lowest BCUT2D eigenvalue weighted by Gasteiger charge is -2.28. The minimum atomic E-state index is -1.26. The fourth-order valence-corrected chi connectivity index (χ4v) is 4.10. The molecule has 0 bridgehead atoms. The molecule has 1 saturated heterocycles. The first kappa shape index (κ1) is 37.4. The third-order valence-corrected chi connectivity index (χ3v) is 6.11. The molecule has 2 aromatic rings. The number of methoxy groups -OCH3 is 1. The second kappa shape index (κ2) is 18.9. The van der Waals surface area contributed by atoms with Gasteiger partial charge >= 0.3 is 17.9 Å². The van der Waals surface area contributed by atoms with Crippen molar-refractivity contribution in [1.82, 2.24) is 14.1 Å². The number of nitrogens with one attached hydrogen (secondary N) is 1. The molecule has 0 spiro atoms. The minimum absolute atomic E-state index is 0.0135. The molecule has 3 rings (SSSR count). The third kappa shape index (κ3) is 13.9. The molecule has 2 heterocycles. The first-order valence-electron chi connectivity index (χ1n) is 13.8. The van der Waals surface area contributed by atoms with E-state index in [1.165, 1.54) is 7.11 Å². The molecular formula is C27H37N5O13S. The Labute approximate surface area is 268 Å². The summed E-state index contributed by atoms with van der Waals surface area (Å²) in [6, 6.07) is 4.76. The summed E-state index contributed by atoms with van der Waals surface area (Å²) in [4.78, 5) is 49.2. The molecule has 254 valence electrons. The maximum Gasteiger partial charge on any atom is 0.346 e. The van der Waals surface area contributed by atoms with Crippen molar-refractivity contribution in [2.45, 2.75) is 32.4 Å². The lowest BCUT2D eigenvalue weighted by molar-refractivity contribution is -0.757. The van der Waals surface area contributed by atoms with Crippen LogP contribution in [0.3, 0.4) is 0 Å². The van der Waals surface area contributed by atoms with Crippen molar-refractivity contribution < 1.29 is 58.2 Å². The van der Waals surface area contributed by atoms with Crippen LogP contribution >= 0.6 is 11.7 Å². The van der Waals surface area contributed by atoms with E-state index in [2.05, 4.69) is 18.9 Å². The second-order valence-corrected chi connectivity index (χ2v) is 10.7. The van der Waals surface area contributed by atoms with E-state index in [1.807, 2.05) is 25.7 Å². The van der Waals surface area contributed by atoms with Crippen LogP contribution in [0.25, 0.3) is 0 Å². The number of benzene rings is 1. The molecule has 0 aliphatic carbocycles. The number of nitrogens with zero attached hydrogens (tertiary/aromatic N) is 4. The summed E-state index contributed by atoms with van der Waals surface area (Å²) in [6.45, 7) is 8.35. The molecular weight excluding hydrogens is 634 g/mol. The van der Waals surface area contributed by atoms with Gasteiger partial charge in [0.15, 0.2) is 0 Å². The first-order chi connectivity index (χ1) is 21.8. The molecule has 1 aromatic heterocycles. The minimum Gasteiger partial charge on any atom is -0.496 e. The van der Waals surface area contributed by atoms with Crippen LogP contribution in [0.4, 0.5) is 5.82 Å². The van der Waals surface area contributed by atoms with Crippen LogP contribution in [0.5, 0.6) is 17.4 Å². The summed E-state index contributed by atoms with van der Waals surface area (Å²) in [5, 5.41) is 28.4. The van der Waals surface area contributed by atoms with Gasteiger partial charge in [-0.1, -0.05) is 6.07 Å². The van der Waals surface area contributed by atoms with Crippen molar-refractivity contribution >= 4 is 35.5 Å². The summed E-state index contributed by atoms with van der Waals surface area (Å²) in [7, 11) is 1.41. The molecule has 1 aliphatic rings. The van der Waals surface area contributed by atoms with Gasteiger partial charge in [0.2, 0.25) is 5.82 Å². The Balaban J connectivity index is 0.000000812. The van der Waals surface area contributed by atoms with E-state index in [4.69, 9.17) is 33.9 Å². The number of carbonyl (C=O) groups is 3. The molecule has 0 amide bonds. The summed E-state index contributed by atoms with van der Waals surface area (Å²) in [5.41, 5.74) is -0.206. The first-order valence-corrected chi connectivity index (χ1v) is 14.5. The topological polar surface area (TPSA) is 231 Å². The van der Waals surface area contributed by atoms with Gasteiger partial charge in [0, 0.05) is 37.3 Å². The number of anilines is 1. The second-order valence-electron chi connectivity index (χ2n) is 10.2. The van der Waals surface area contributed by atoms with E-state index in [-0.39, 0.29) is 42.4 Å². The van der Waals surface area contributed by atoms with Crippen LogP contribution in [0.15, 0.2) is 30.4 Å². The van der Waals surface area contributed by atoms with Gasteiger partial charge in [-0.05, 0) is 32.9 Å². The van der Waals surface area contributed by atoms with Crippen LogP contribution in [-0.2, 0) is 23.9 Å². The summed E-state index contributed by atoms with van der Waals surface area (Å²) in [5.74, 6) is -1.86. The van der Waals surface area contributed by atoms with Crippen LogP contribution in [0.2, 0.25) is 0 Å². The Hall–Kier alpha value is -4.75. The molecule has 1 fully saturated rings. The fourth-order valence-electron chi connectivity index (χ4n) is 3.58. The predicted octanol–water partition coefficient (Wildman–Crippen LogP) is 1.67. The van der Waals surface area contributed by atoms with E-state index < -0.39 is 29.1 Å². The molecule has 0 saturated carbocycles. The Morgan fingerprint density at radius 3 is 2.35 bits per heavy atom. The maximum atomic E-state index is 13.3. The molecule has 1 aliphatic heterocycles. The van der Waals surface area contributed by atoms with Crippen LogP contribution in [-0.4, -0.2) is 113 Å². The normalized spacial score (nSPS) is 13.6. The van der Waals surface area contributed by atoms with Gasteiger partial charge in [-0.2, -0.15) is 4.37 Å². The van der Waals surface area contributed by atoms with Crippen molar-refractivity contribution in [2.24, 2.45) is 0 Å². The number of rotatable bonds is 16. The number of esters is 1. The average Bonchev–Trinajstić information content (AvgIpc) is 3.48. The number of aliphatic carboxylic acids is 2. The monoisotopic (exact) mass is 671 g/mol. The van der Waals surface area contributed by atoms with E-state index in [9.17, 15) is 24.5 Å². The van der Waals surface area contributed by atoms with Gasteiger partial charge < -0.3 is 49.0 Å². The lowest BCUT2D eigenvalue weighted by atomic mass is 10.1. The van der Waals surface area contributed by atoms with Crippen molar-refractivity contribution in [1.29, 1.82) is 0 Å². The van der Waals surface area contributed by atoms with Crippen molar-refractivity contribution in [3.05, 3.63) is 46.0 Å². The number of morpholine rings is 1. The predicted molar refractivity (Wildman–Crippen MR) is 161 cm³/mol. The lowest BCUT2D eigenvalue weighted by Crippen LogP contribution is -2.44. The van der Waals surface area contributed by atoms with E-state index in [1.54, 1.807) is 18.2 Å². The molecule has 18 nitrogen and oxygen atoms in total. The van der Waals surface area contributed by atoms with Gasteiger partial charge in [0.05, 0.1) is 32.1 Å². The number of hydrogen-bond acceptors (Lipinski definition) is 16. The average molecular weight is 672 g/mol. The number of hydrogen-bond donors (Lipinski definition) is 3. The van der Waals surface area contributed by atoms with Gasteiger partial charge in [-0.25, -0.2) is 14.4 Å². The number of carbonyl (C=O) groups excluding carboxylic acids is 1. The van der Waals surface area contributed by atoms with Crippen molar-refractivity contribution in [3.8, 4) is 17.4 Å². The Morgan fingerprint density at radius 2 is 1.76 bits per heavy atom. The molecule has 0 unspecified atom stereocenters. The number of ether oxygens (including phenoxy) is 5. The van der Waals surface area contributed by atoms with E-state index in [0.717, 1.165) is 11.7 Å². The summed E-state index contributed by atoms with van der Waals surface area (Å²) >= 11 is 1.04. The Kier molecular flexibility index (Phi) is 15.4. The van der Waals surface area contributed by atoms with Crippen LogP contribution < -0.4 is 24.4 Å². The highest BCUT2D eigenvalue weighted by molar-refractivity contribution is 6.99. The zero-order chi connectivity index (χ0) is 34.1. The zero-order valence-corrected chi connectivity index (χ0v) is 26.5. The Bertz CT molecular complexity index is 1310. The van der Waals surface area contributed by atoms with Gasteiger partial charge in [-0.3, -0.25) is 0 Å². The zero-order valence-electron chi connectivity index (χ0n) is 25.7. The smallest absolute Gasteiger partial charge is 0.346 e. The number of carboxylic acids is 2. The maximum absolute atomic E-state index is 13.3. The highest BCUT2D eigenvalue weighted by Crippen LogP contribution is 2.30. The van der Waals surface area contributed by atoms with Crippen LogP contribution in [0.1, 0.15) is 31.1 Å². The Morgan fingerprint density at radius 1 is 1.11 bits per heavy atom. The molecule has 0 radical (unpaired) electrons. The highest BCUT2D eigenvalue weighted by atomic mass is 32.1. The highest BCUT2D eigenvalue weighted by Gasteiger charge is 2.27. The SMILES string of the molecule is COc1cccc(OCCO[N+](=O)[O-])c1C(=O)O[C@@H](CNC(C)(C)C)COc1nsnc1N1CCOCC1.O=C(O)/C=C\C(=O)O. The largest absolute Gasteiger partial charge is 0.496 e. The number of aromatic nitrogens is 2. The molecule has 46 heavy (non-hydrogen) atoms. The fraction of sp³-hybridized carbons (Fsp3) is 0.519. The van der Waals surface area contributed by atoms with E-state index >= 15 is 0 Å². The van der Waals surface area contributed by atoms with Gasteiger partial charge in [-0.15, -0.1) is 14.5 Å². The van der Waals surface area contributed by atoms with Crippen molar-refractivity contribution in [2.75, 3.05) is 64.7 Å². The standard InChI is InChI=1S/C23H33N5O9S.C4H4O4/c1-23(2,3)24-14-16(15-35-21-20(25-38-26-21)27-8-10-33-11-9-27)37-22(29)19-17(32-4)6-5-7-18(19)34-12-13-36-28(30)31;5-3(6)1-2-4(7)8/h5-7,16,24H,8-15H2,1-4H3;1-2H,(H,5,6)(H,7,8)/b;2-1-/t16-;/m0./s1. The molecule has 19 heteroatoms. The van der Waals surface area contributed by atoms with Crippen LogP contribution in [0, 0.1) is 10.1 Å². The number of carboxylic acid groups (broad SMARTS) is 2. The summed E-state index contributed by atoms with van der Waals surface area (Å²) < 4.78 is 36.8. The quantitative estimate of drug-likeness (QED) is 0.0757. The van der Waals surface area contributed by atoms with E-state index in [0.29, 0.717) is 56.7 Å². The summed E-state index contributed by atoms with van der Waals surface area (Å²) in [6.07, 6.45) is 0.404. The molecule has 3 N–H and O–H groups in total. The molecule has 1 aromatic carbocycles. The third-order valence-electron chi connectivity index (χ3n) is 5.61. The van der Waals surface area contributed by atoms with Gasteiger partial charge in [0.25, 0.3) is 11.0 Å². The van der Waals surface area contributed by atoms with Crippen molar-refractivity contribution in [3.63, 3.8) is 0 Å².